The van der Waals surface area contributed by atoms with Crippen LogP contribution in [0.4, 0.5) is 0 Å². The third kappa shape index (κ3) is 5.55. The number of hydrogen-bond donors (Lipinski definition) is 1. The molecule has 142 valence electrons. The second-order valence-corrected chi connectivity index (χ2v) is 7.82. The molecule has 1 aliphatic carbocycles. The van der Waals surface area contributed by atoms with Crippen molar-refractivity contribution in [1.82, 2.24) is 15.2 Å². The van der Waals surface area contributed by atoms with E-state index in [4.69, 9.17) is 0 Å². The van der Waals surface area contributed by atoms with Gasteiger partial charge in [-0.05, 0) is 43.2 Å². The van der Waals surface area contributed by atoms with Crippen molar-refractivity contribution in [3.05, 3.63) is 30.1 Å². The molecule has 1 saturated carbocycles. The van der Waals surface area contributed by atoms with Crippen LogP contribution in [0.25, 0.3) is 0 Å². The Hall–Kier alpha value is -1.91. The second kappa shape index (κ2) is 9.70. The third-order valence-corrected chi connectivity index (χ3v) is 5.93. The Morgan fingerprint density at radius 1 is 1.08 bits per heavy atom. The highest BCUT2D eigenvalue weighted by atomic mass is 16.2. The number of amides is 2. The zero-order valence-electron chi connectivity index (χ0n) is 15.7. The number of aromatic nitrogens is 1. The number of rotatable bonds is 6. The van der Waals surface area contributed by atoms with Crippen LogP contribution in [0.3, 0.4) is 0 Å². The van der Waals surface area contributed by atoms with Gasteiger partial charge in [-0.2, -0.15) is 0 Å². The third-order valence-electron chi connectivity index (χ3n) is 5.93. The number of carbonyl (C=O) groups excluding carboxylic acids is 2. The molecule has 0 aromatic carbocycles. The lowest BCUT2D eigenvalue weighted by atomic mass is 9.86. The normalized spacial score (nSPS) is 19.3. The van der Waals surface area contributed by atoms with Crippen LogP contribution < -0.4 is 5.32 Å². The molecule has 0 radical (unpaired) electrons. The summed E-state index contributed by atoms with van der Waals surface area (Å²) in [5, 5.41) is 3.00. The first-order valence-corrected chi connectivity index (χ1v) is 10.2. The van der Waals surface area contributed by atoms with Crippen LogP contribution in [-0.4, -0.2) is 41.3 Å². The largest absolute Gasteiger partial charge is 0.352 e. The van der Waals surface area contributed by atoms with Crippen molar-refractivity contribution in [1.29, 1.82) is 0 Å². The van der Waals surface area contributed by atoms with E-state index in [1.165, 1.54) is 32.1 Å². The summed E-state index contributed by atoms with van der Waals surface area (Å²) in [4.78, 5) is 30.5. The van der Waals surface area contributed by atoms with E-state index in [0.717, 1.165) is 38.3 Å². The molecule has 1 saturated heterocycles. The summed E-state index contributed by atoms with van der Waals surface area (Å²) in [6.07, 6.45) is 13.7. The Morgan fingerprint density at radius 2 is 1.85 bits per heavy atom. The first-order chi connectivity index (χ1) is 12.7. The van der Waals surface area contributed by atoms with Gasteiger partial charge in [0.2, 0.25) is 5.91 Å². The van der Waals surface area contributed by atoms with E-state index >= 15 is 0 Å². The first kappa shape index (κ1) is 18.9. The minimum atomic E-state index is -0.0657. The molecule has 2 fully saturated rings. The Bertz CT molecular complexity index is 576. The highest BCUT2D eigenvalue weighted by Crippen LogP contribution is 2.28. The molecule has 1 aromatic heterocycles. The highest BCUT2D eigenvalue weighted by molar-refractivity contribution is 5.93. The highest BCUT2D eigenvalue weighted by Gasteiger charge is 2.24. The summed E-state index contributed by atoms with van der Waals surface area (Å²) < 4.78 is 0. The quantitative estimate of drug-likeness (QED) is 0.849. The van der Waals surface area contributed by atoms with E-state index < -0.39 is 0 Å². The molecule has 0 bridgehead atoms. The fourth-order valence-electron chi connectivity index (χ4n) is 4.18. The molecule has 1 N–H and O–H groups in total. The van der Waals surface area contributed by atoms with Crippen LogP contribution >= 0.6 is 0 Å². The Kier molecular flexibility index (Phi) is 7.04. The smallest absolute Gasteiger partial charge is 0.252 e. The van der Waals surface area contributed by atoms with Crippen molar-refractivity contribution in [2.75, 3.05) is 19.6 Å². The van der Waals surface area contributed by atoms with Gasteiger partial charge in [0.05, 0.1) is 5.56 Å². The molecule has 26 heavy (non-hydrogen) atoms. The van der Waals surface area contributed by atoms with E-state index in [2.05, 4.69) is 10.3 Å². The minimum Gasteiger partial charge on any atom is -0.352 e. The van der Waals surface area contributed by atoms with Gasteiger partial charge in [-0.25, -0.2) is 0 Å². The maximum absolute atomic E-state index is 12.4. The summed E-state index contributed by atoms with van der Waals surface area (Å²) in [7, 11) is 0. The number of piperidine rings is 1. The molecule has 1 aromatic rings. The van der Waals surface area contributed by atoms with Crippen LogP contribution in [0.5, 0.6) is 0 Å². The second-order valence-electron chi connectivity index (χ2n) is 7.82. The standard InChI is InChI=1S/C21H31N3O2/c25-20(9-8-17-5-2-1-3-6-17)24-13-10-18(11-14-24)15-23-21(26)19-7-4-12-22-16-19/h4,7,12,16-18H,1-3,5-6,8-11,13-15H2,(H,23,26). The van der Waals surface area contributed by atoms with Gasteiger partial charge in [-0.3, -0.25) is 14.6 Å². The number of pyridine rings is 1. The molecule has 1 aliphatic heterocycles. The average Bonchev–Trinajstić information content (AvgIpc) is 2.72. The molecule has 2 heterocycles. The molecule has 5 heteroatoms. The van der Waals surface area contributed by atoms with Crippen LogP contribution in [0.15, 0.2) is 24.5 Å². The first-order valence-electron chi connectivity index (χ1n) is 10.2. The molecule has 2 aliphatic rings. The topological polar surface area (TPSA) is 62.3 Å². The van der Waals surface area contributed by atoms with Gasteiger partial charge in [0.25, 0.3) is 5.91 Å². The maximum atomic E-state index is 12.4. The lowest BCUT2D eigenvalue weighted by Crippen LogP contribution is -2.41. The number of nitrogens with zero attached hydrogens (tertiary/aromatic N) is 2. The molecular formula is C21H31N3O2. The minimum absolute atomic E-state index is 0.0657. The number of hydrogen-bond acceptors (Lipinski definition) is 3. The van der Waals surface area contributed by atoms with Gasteiger partial charge in [0, 0.05) is 38.4 Å². The summed E-state index contributed by atoms with van der Waals surface area (Å²) in [6.45, 7) is 2.34. The summed E-state index contributed by atoms with van der Waals surface area (Å²) in [5.74, 6) is 1.49. The monoisotopic (exact) mass is 357 g/mol. The number of nitrogens with one attached hydrogen (secondary N) is 1. The zero-order valence-corrected chi connectivity index (χ0v) is 15.7. The Morgan fingerprint density at radius 3 is 2.54 bits per heavy atom. The van der Waals surface area contributed by atoms with Gasteiger partial charge < -0.3 is 10.2 Å². The summed E-state index contributed by atoms with van der Waals surface area (Å²) in [6, 6.07) is 3.54. The van der Waals surface area contributed by atoms with Crippen molar-refractivity contribution >= 4 is 11.8 Å². The van der Waals surface area contributed by atoms with E-state index in [0.29, 0.717) is 30.4 Å². The molecule has 0 unspecified atom stereocenters. The van der Waals surface area contributed by atoms with Gasteiger partial charge in [-0.1, -0.05) is 32.1 Å². The lowest BCUT2D eigenvalue weighted by molar-refractivity contribution is -0.132. The van der Waals surface area contributed by atoms with E-state index in [1.807, 2.05) is 4.90 Å². The van der Waals surface area contributed by atoms with Crippen molar-refractivity contribution < 1.29 is 9.59 Å². The molecule has 0 atom stereocenters. The lowest BCUT2D eigenvalue weighted by Gasteiger charge is -2.32. The van der Waals surface area contributed by atoms with Crippen LogP contribution in [0, 0.1) is 11.8 Å². The molecular weight excluding hydrogens is 326 g/mol. The van der Waals surface area contributed by atoms with E-state index in [9.17, 15) is 9.59 Å². The zero-order chi connectivity index (χ0) is 18.2. The predicted molar refractivity (Wildman–Crippen MR) is 102 cm³/mol. The Balaban J connectivity index is 1.33. The molecule has 5 nitrogen and oxygen atoms in total. The number of carbonyl (C=O) groups is 2. The van der Waals surface area contributed by atoms with Crippen molar-refractivity contribution in [3.63, 3.8) is 0 Å². The molecule has 3 rings (SSSR count). The molecule has 0 spiro atoms. The van der Waals surface area contributed by atoms with Gasteiger partial charge in [-0.15, -0.1) is 0 Å². The summed E-state index contributed by atoms with van der Waals surface area (Å²) in [5.41, 5.74) is 0.600. The number of likely N-dealkylation sites (tertiary alicyclic amines) is 1. The molecule has 2 amide bonds. The van der Waals surface area contributed by atoms with Gasteiger partial charge in [0.1, 0.15) is 0 Å². The SMILES string of the molecule is O=C(NCC1CCN(C(=O)CCC2CCCCC2)CC1)c1cccnc1. The van der Waals surface area contributed by atoms with Crippen LogP contribution in [0.2, 0.25) is 0 Å². The van der Waals surface area contributed by atoms with E-state index in [1.54, 1.807) is 24.5 Å². The van der Waals surface area contributed by atoms with Crippen LogP contribution in [0.1, 0.15) is 68.1 Å². The van der Waals surface area contributed by atoms with E-state index in [-0.39, 0.29) is 5.91 Å². The van der Waals surface area contributed by atoms with Crippen molar-refractivity contribution in [2.24, 2.45) is 11.8 Å². The predicted octanol–water partition coefficient (Wildman–Crippen LogP) is 3.41. The fraction of sp³-hybridized carbons (Fsp3) is 0.667. The van der Waals surface area contributed by atoms with Crippen molar-refractivity contribution in [3.8, 4) is 0 Å². The Labute approximate surface area is 156 Å². The van der Waals surface area contributed by atoms with Gasteiger partial charge in [0.15, 0.2) is 0 Å². The van der Waals surface area contributed by atoms with Crippen molar-refractivity contribution in [2.45, 2.75) is 57.8 Å². The fourth-order valence-corrected chi connectivity index (χ4v) is 4.18. The van der Waals surface area contributed by atoms with Crippen LogP contribution in [-0.2, 0) is 4.79 Å². The van der Waals surface area contributed by atoms with Gasteiger partial charge >= 0.3 is 0 Å². The average molecular weight is 357 g/mol. The maximum Gasteiger partial charge on any atom is 0.252 e. The summed E-state index contributed by atoms with van der Waals surface area (Å²) >= 11 is 0.